The summed E-state index contributed by atoms with van der Waals surface area (Å²) in [4.78, 5) is 32.1. The minimum Gasteiger partial charge on any atom is -0.478 e. The monoisotopic (exact) mass is 563 g/mol. The standard InChI is InChI=1S/C21H9Cl2F6N5O3/c22-10-2-1-5-30-17(10)34-12(7-14(33-34)21(27,28)29)18(35)32-16-9(19(36)37)6-11-8(15(16)23)3-4-13(31-11)20(24,25)26/h1-7H,(H,32,35)(H,36,37). The van der Waals surface area contributed by atoms with E-state index in [0.717, 1.165) is 12.1 Å². The number of hydrogen-bond acceptors (Lipinski definition) is 5. The van der Waals surface area contributed by atoms with E-state index in [-0.39, 0.29) is 16.2 Å². The molecule has 0 unspecified atom stereocenters. The lowest BCUT2D eigenvalue weighted by Crippen LogP contribution is -2.20. The molecule has 0 atom stereocenters. The molecule has 1 amide bonds. The summed E-state index contributed by atoms with van der Waals surface area (Å²) in [5.41, 5.74) is -5.35. The largest absolute Gasteiger partial charge is 0.478 e. The van der Waals surface area contributed by atoms with Crippen LogP contribution in [0.1, 0.15) is 32.2 Å². The van der Waals surface area contributed by atoms with Crippen LogP contribution in [0.2, 0.25) is 10.0 Å². The molecule has 0 aliphatic rings. The normalized spacial score (nSPS) is 12.1. The molecule has 192 valence electrons. The first-order valence-electron chi connectivity index (χ1n) is 9.71. The van der Waals surface area contributed by atoms with Crippen LogP contribution in [0.3, 0.4) is 0 Å². The van der Waals surface area contributed by atoms with Gasteiger partial charge in [0, 0.05) is 17.6 Å². The van der Waals surface area contributed by atoms with Crippen molar-refractivity contribution in [3.63, 3.8) is 0 Å². The van der Waals surface area contributed by atoms with Crippen LogP contribution in [0.4, 0.5) is 32.0 Å². The fraction of sp³-hybridized carbons (Fsp3) is 0.0952. The fourth-order valence-electron chi connectivity index (χ4n) is 3.23. The van der Waals surface area contributed by atoms with Gasteiger partial charge < -0.3 is 10.4 Å². The number of aromatic nitrogens is 4. The second-order valence-corrected chi connectivity index (χ2v) is 8.05. The maximum absolute atomic E-state index is 13.4. The maximum atomic E-state index is 13.4. The summed E-state index contributed by atoms with van der Waals surface area (Å²) < 4.78 is 79.7. The van der Waals surface area contributed by atoms with Crippen molar-refractivity contribution in [2.75, 3.05) is 5.32 Å². The van der Waals surface area contributed by atoms with Gasteiger partial charge in [0.25, 0.3) is 5.91 Å². The molecule has 4 aromatic rings. The maximum Gasteiger partial charge on any atom is 0.435 e. The second-order valence-electron chi connectivity index (χ2n) is 7.27. The molecule has 0 saturated carbocycles. The van der Waals surface area contributed by atoms with E-state index in [9.17, 15) is 41.0 Å². The van der Waals surface area contributed by atoms with Gasteiger partial charge in [0.1, 0.15) is 11.4 Å². The Morgan fingerprint density at radius 3 is 2.24 bits per heavy atom. The lowest BCUT2D eigenvalue weighted by atomic mass is 10.1. The number of carbonyl (C=O) groups is 2. The van der Waals surface area contributed by atoms with Gasteiger partial charge in [-0.15, -0.1) is 0 Å². The molecule has 0 bridgehead atoms. The fourth-order valence-corrected chi connectivity index (χ4v) is 3.75. The Balaban J connectivity index is 1.86. The predicted octanol–water partition coefficient (Wildman–Crippen LogP) is 6.11. The van der Waals surface area contributed by atoms with E-state index >= 15 is 0 Å². The Kier molecular flexibility index (Phi) is 6.50. The van der Waals surface area contributed by atoms with Crippen molar-refractivity contribution in [2.24, 2.45) is 0 Å². The summed E-state index contributed by atoms with van der Waals surface area (Å²) in [5, 5.41) is 14.2. The smallest absolute Gasteiger partial charge is 0.435 e. The molecule has 0 radical (unpaired) electrons. The topological polar surface area (TPSA) is 110 Å². The van der Waals surface area contributed by atoms with Crippen LogP contribution in [0.15, 0.2) is 42.6 Å². The average molecular weight is 564 g/mol. The van der Waals surface area contributed by atoms with Crippen LogP contribution in [-0.2, 0) is 12.4 Å². The zero-order valence-electron chi connectivity index (χ0n) is 17.6. The molecule has 37 heavy (non-hydrogen) atoms. The van der Waals surface area contributed by atoms with E-state index in [2.05, 4.69) is 20.4 Å². The minimum atomic E-state index is -4.98. The lowest BCUT2D eigenvalue weighted by molar-refractivity contribution is -0.142. The van der Waals surface area contributed by atoms with Gasteiger partial charge in [0.05, 0.1) is 26.8 Å². The van der Waals surface area contributed by atoms with Gasteiger partial charge in [-0.3, -0.25) is 4.79 Å². The number of amides is 1. The molecular weight excluding hydrogens is 555 g/mol. The average Bonchev–Trinajstić information content (AvgIpc) is 3.26. The highest BCUT2D eigenvalue weighted by atomic mass is 35.5. The first-order valence-corrected chi connectivity index (χ1v) is 10.5. The van der Waals surface area contributed by atoms with Crippen LogP contribution in [0.5, 0.6) is 0 Å². The number of halogens is 8. The molecule has 8 nitrogen and oxygen atoms in total. The van der Waals surface area contributed by atoms with E-state index in [0.29, 0.717) is 16.8 Å². The zero-order valence-corrected chi connectivity index (χ0v) is 19.1. The highest BCUT2D eigenvalue weighted by molar-refractivity contribution is 6.39. The van der Waals surface area contributed by atoms with Crippen LogP contribution in [-0.4, -0.2) is 36.7 Å². The number of benzene rings is 1. The third-order valence-corrected chi connectivity index (χ3v) is 5.55. The number of nitrogens with zero attached hydrogens (tertiary/aromatic N) is 4. The first kappa shape index (κ1) is 26.2. The Morgan fingerprint density at radius 1 is 0.973 bits per heavy atom. The van der Waals surface area contributed by atoms with E-state index in [4.69, 9.17) is 23.2 Å². The number of aromatic carboxylic acids is 1. The molecule has 0 saturated heterocycles. The van der Waals surface area contributed by atoms with Crippen molar-refractivity contribution in [1.82, 2.24) is 19.7 Å². The number of anilines is 1. The molecule has 0 aliphatic carbocycles. The number of alkyl halides is 6. The summed E-state index contributed by atoms with van der Waals surface area (Å²) in [6.45, 7) is 0. The molecule has 3 aromatic heterocycles. The number of rotatable bonds is 4. The Hall–Kier alpha value is -3.91. The van der Waals surface area contributed by atoms with Crippen molar-refractivity contribution < 1.29 is 41.0 Å². The van der Waals surface area contributed by atoms with E-state index in [1.54, 1.807) is 0 Å². The van der Waals surface area contributed by atoms with E-state index in [1.165, 1.54) is 18.3 Å². The lowest BCUT2D eigenvalue weighted by Gasteiger charge is -2.14. The highest BCUT2D eigenvalue weighted by Gasteiger charge is 2.37. The minimum absolute atomic E-state index is 0.158. The number of pyridine rings is 2. The van der Waals surface area contributed by atoms with Gasteiger partial charge >= 0.3 is 18.3 Å². The third-order valence-electron chi connectivity index (χ3n) is 4.86. The summed E-state index contributed by atoms with van der Waals surface area (Å²) in [5.74, 6) is -3.35. The summed E-state index contributed by atoms with van der Waals surface area (Å²) in [7, 11) is 0. The molecule has 0 fully saturated rings. The van der Waals surface area contributed by atoms with Crippen LogP contribution < -0.4 is 5.32 Å². The van der Waals surface area contributed by atoms with Gasteiger partial charge in [-0.2, -0.15) is 31.4 Å². The third kappa shape index (κ3) is 5.02. The molecule has 0 aliphatic heterocycles. The number of hydrogen-bond donors (Lipinski definition) is 2. The Morgan fingerprint density at radius 2 is 1.65 bits per heavy atom. The van der Waals surface area contributed by atoms with Gasteiger partial charge in [-0.25, -0.2) is 19.4 Å². The number of carboxylic acid groups (broad SMARTS) is 1. The zero-order chi connectivity index (χ0) is 27.3. The van der Waals surface area contributed by atoms with E-state index < -0.39 is 63.1 Å². The van der Waals surface area contributed by atoms with Gasteiger partial charge in [0.2, 0.25) is 0 Å². The number of carbonyl (C=O) groups excluding carboxylic acids is 1. The van der Waals surface area contributed by atoms with Crippen LogP contribution in [0, 0.1) is 0 Å². The van der Waals surface area contributed by atoms with Crippen LogP contribution in [0.25, 0.3) is 16.7 Å². The predicted molar refractivity (Wildman–Crippen MR) is 118 cm³/mol. The van der Waals surface area contributed by atoms with Crippen molar-refractivity contribution in [2.45, 2.75) is 12.4 Å². The summed E-state index contributed by atoms with van der Waals surface area (Å²) in [6.07, 6.45) is -8.63. The number of nitrogens with one attached hydrogen (secondary N) is 1. The quantitative estimate of drug-likeness (QED) is 0.290. The molecule has 3 heterocycles. The SMILES string of the molecule is O=C(O)c1cc2nc(C(F)(F)F)ccc2c(Cl)c1NC(=O)c1cc(C(F)(F)F)nn1-c1ncccc1Cl. The van der Waals surface area contributed by atoms with E-state index in [1.807, 2.05) is 0 Å². The van der Waals surface area contributed by atoms with Crippen molar-refractivity contribution in [3.8, 4) is 5.82 Å². The van der Waals surface area contributed by atoms with Crippen molar-refractivity contribution in [1.29, 1.82) is 0 Å². The van der Waals surface area contributed by atoms with Crippen LogP contribution >= 0.6 is 23.2 Å². The Labute approximate surface area is 211 Å². The molecule has 1 aromatic carbocycles. The second kappa shape index (κ2) is 9.19. The first-order chi connectivity index (χ1) is 17.2. The Bertz CT molecular complexity index is 1570. The molecule has 4 rings (SSSR count). The van der Waals surface area contributed by atoms with Crippen molar-refractivity contribution >= 4 is 51.7 Å². The van der Waals surface area contributed by atoms with Gasteiger partial charge in [-0.05, 0) is 30.3 Å². The van der Waals surface area contributed by atoms with Gasteiger partial charge in [-0.1, -0.05) is 23.2 Å². The molecule has 16 heteroatoms. The summed E-state index contributed by atoms with van der Waals surface area (Å²) in [6, 6.07) is 5.29. The van der Waals surface area contributed by atoms with Gasteiger partial charge in [0.15, 0.2) is 11.5 Å². The number of fused-ring (bicyclic) bond motifs is 1. The summed E-state index contributed by atoms with van der Waals surface area (Å²) >= 11 is 12.2. The highest BCUT2D eigenvalue weighted by Crippen LogP contribution is 2.37. The molecular formula is C21H9Cl2F6N5O3. The number of carboxylic acids is 1. The molecule has 0 spiro atoms. The molecule has 2 N–H and O–H groups in total. The van der Waals surface area contributed by atoms with Crippen molar-refractivity contribution in [3.05, 3.63) is 75.3 Å².